The lowest BCUT2D eigenvalue weighted by Crippen LogP contribution is -2.50. The van der Waals surface area contributed by atoms with Crippen LogP contribution in [0.25, 0.3) is 0 Å². The summed E-state index contributed by atoms with van der Waals surface area (Å²) in [5.41, 5.74) is 5.16. The second-order valence-electron chi connectivity index (χ2n) is 7.73. The standard InChI is InChI=1S/C22H29NO4/c1-21(2,3)22(13-8-14-24,27-20(23)25)16-17-9-7-12-19(15-17)26-18-10-5-4-6-11-18/h4-7,9-12,15,24H,8,13-14,16H2,1-3H3,(H2,23,25). The van der Waals surface area contributed by atoms with Gasteiger partial charge in [0.15, 0.2) is 0 Å². The average molecular weight is 371 g/mol. The summed E-state index contributed by atoms with van der Waals surface area (Å²) >= 11 is 0. The highest BCUT2D eigenvalue weighted by atomic mass is 16.6. The van der Waals surface area contributed by atoms with Gasteiger partial charge in [-0.2, -0.15) is 0 Å². The van der Waals surface area contributed by atoms with Crippen LogP contribution in [0.4, 0.5) is 4.79 Å². The van der Waals surface area contributed by atoms with Crippen molar-refractivity contribution in [1.29, 1.82) is 0 Å². The monoisotopic (exact) mass is 371 g/mol. The highest BCUT2D eigenvalue weighted by molar-refractivity contribution is 5.65. The maximum absolute atomic E-state index is 11.6. The Balaban J connectivity index is 2.30. The van der Waals surface area contributed by atoms with Gasteiger partial charge in [0.1, 0.15) is 17.1 Å². The van der Waals surface area contributed by atoms with Crippen LogP contribution in [0, 0.1) is 5.41 Å². The van der Waals surface area contributed by atoms with E-state index in [2.05, 4.69) is 0 Å². The number of aliphatic hydroxyl groups excluding tert-OH is 1. The number of ether oxygens (including phenoxy) is 2. The minimum atomic E-state index is -0.826. The van der Waals surface area contributed by atoms with Gasteiger partial charge in [0.2, 0.25) is 0 Å². The number of aliphatic hydroxyl groups is 1. The Labute approximate surface area is 161 Å². The molecule has 0 saturated carbocycles. The number of hydrogen-bond donors (Lipinski definition) is 2. The third-order valence-electron chi connectivity index (χ3n) is 4.77. The van der Waals surface area contributed by atoms with Crippen LogP contribution in [-0.4, -0.2) is 23.4 Å². The molecule has 2 aromatic rings. The number of nitrogens with two attached hydrogens (primary N) is 1. The number of carbonyl (C=O) groups excluding carboxylic acids is 1. The van der Waals surface area contributed by atoms with E-state index in [1.165, 1.54) is 0 Å². The Morgan fingerprint density at radius 2 is 1.70 bits per heavy atom. The van der Waals surface area contributed by atoms with E-state index in [0.717, 1.165) is 11.3 Å². The van der Waals surface area contributed by atoms with Gasteiger partial charge in [-0.1, -0.05) is 51.1 Å². The average Bonchev–Trinajstić information content (AvgIpc) is 2.59. The summed E-state index contributed by atoms with van der Waals surface area (Å²) in [4.78, 5) is 11.6. The second-order valence-corrected chi connectivity index (χ2v) is 7.73. The molecule has 3 N–H and O–H groups in total. The summed E-state index contributed by atoms with van der Waals surface area (Å²) in [6.45, 7) is 6.06. The van der Waals surface area contributed by atoms with Crippen LogP contribution < -0.4 is 10.5 Å². The number of benzene rings is 2. The third kappa shape index (κ3) is 5.73. The fourth-order valence-electron chi connectivity index (χ4n) is 3.20. The van der Waals surface area contributed by atoms with E-state index >= 15 is 0 Å². The molecule has 146 valence electrons. The van der Waals surface area contributed by atoms with E-state index in [4.69, 9.17) is 15.2 Å². The van der Waals surface area contributed by atoms with E-state index in [9.17, 15) is 9.90 Å². The lowest BCUT2D eigenvalue weighted by atomic mass is 9.70. The largest absolute Gasteiger partial charge is 0.457 e. The van der Waals surface area contributed by atoms with Crippen molar-refractivity contribution in [3.63, 3.8) is 0 Å². The molecule has 0 saturated heterocycles. The number of rotatable bonds is 8. The van der Waals surface area contributed by atoms with Crippen LogP contribution in [0.15, 0.2) is 54.6 Å². The molecule has 0 aliphatic rings. The Morgan fingerprint density at radius 1 is 1.04 bits per heavy atom. The molecule has 0 heterocycles. The Bertz CT molecular complexity index is 739. The first-order valence-electron chi connectivity index (χ1n) is 9.17. The Hall–Kier alpha value is -2.53. The van der Waals surface area contributed by atoms with Crippen molar-refractivity contribution < 1.29 is 19.4 Å². The van der Waals surface area contributed by atoms with Crippen molar-refractivity contribution in [2.75, 3.05) is 6.61 Å². The molecule has 27 heavy (non-hydrogen) atoms. The van der Waals surface area contributed by atoms with Gasteiger partial charge in [-0.25, -0.2) is 4.79 Å². The second kappa shape index (κ2) is 8.91. The third-order valence-corrected chi connectivity index (χ3v) is 4.77. The number of primary amides is 1. The van der Waals surface area contributed by atoms with E-state index in [1.807, 2.05) is 75.4 Å². The predicted molar refractivity (Wildman–Crippen MR) is 106 cm³/mol. The number of amides is 1. The molecule has 0 aliphatic carbocycles. The van der Waals surface area contributed by atoms with E-state index < -0.39 is 11.7 Å². The zero-order chi connectivity index (χ0) is 19.9. The van der Waals surface area contributed by atoms with Crippen LogP contribution in [0.3, 0.4) is 0 Å². The molecule has 0 fully saturated rings. The summed E-state index contributed by atoms with van der Waals surface area (Å²) in [5.74, 6) is 1.47. The summed E-state index contributed by atoms with van der Waals surface area (Å²) < 4.78 is 11.6. The van der Waals surface area contributed by atoms with Gasteiger partial charge < -0.3 is 20.3 Å². The number of hydrogen-bond acceptors (Lipinski definition) is 4. The maximum Gasteiger partial charge on any atom is 0.405 e. The number of carbonyl (C=O) groups is 1. The molecular weight excluding hydrogens is 342 g/mol. The van der Waals surface area contributed by atoms with Gasteiger partial charge in [-0.15, -0.1) is 0 Å². The van der Waals surface area contributed by atoms with Crippen LogP contribution in [0.2, 0.25) is 0 Å². The lowest BCUT2D eigenvalue weighted by molar-refractivity contribution is -0.0737. The van der Waals surface area contributed by atoms with E-state index in [-0.39, 0.29) is 12.0 Å². The minimum absolute atomic E-state index is 0.0249. The van der Waals surface area contributed by atoms with Crippen LogP contribution >= 0.6 is 0 Å². The fraction of sp³-hybridized carbons (Fsp3) is 0.409. The molecule has 5 heteroatoms. The topological polar surface area (TPSA) is 81.8 Å². The fourth-order valence-corrected chi connectivity index (χ4v) is 3.20. The zero-order valence-corrected chi connectivity index (χ0v) is 16.3. The summed E-state index contributed by atoms with van der Waals surface area (Å²) in [6, 6.07) is 17.3. The van der Waals surface area contributed by atoms with Gasteiger partial charge in [0, 0.05) is 18.4 Å². The van der Waals surface area contributed by atoms with Crippen molar-refractivity contribution in [3.05, 3.63) is 60.2 Å². The first kappa shape index (κ1) is 20.8. The Kier molecular flexibility index (Phi) is 6.86. The zero-order valence-electron chi connectivity index (χ0n) is 16.3. The molecule has 0 aliphatic heterocycles. The maximum atomic E-state index is 11.6. The lowest BCUT2D eigenvalue weighted by Gasteiger charge is -2.44. The molecule has 0 radical (unpaired) electrons. The minimum Gasteiger partial charge on any atom is -0.457 e. The van der Waals surface area contributed by atoms with E-state index in [0.29, 0.717) is 25.0 Å². The first-order valence-corrected chi connectivity index (χ1v) is 9.17. The first-order chi connectivity index (χ1) is 12.8. The van der Waals surface area contributed by atoms with Crippen LogP contribution in [-0.2, 0) is 11.2 Å². The van der Waals surface area contributed by atoms with Gasteiger partial charge in [0.25, 0.3) is 0 Å². The van der Waals surface area contributed by atoms with E-state index in [1.54, 1.807) is 0 Å². The highest BCUT2D eigenvalue weighted by Crippen LogP contribution is 2.41. The quantitative estimate of drug-likeness (QED) is 0.706. The molecule has 0 aromatic heterocycles. The molecule has 0 spiro atoms. The molecular formula is C22H29NO4. The normalized spacial score (nSPS) is 13.6. The van der Waals surface area contributed by atoms with Crippen molar-refractivity contribution >= 4 is 6.09 Å². The van der Waals surface area contributed by atoms with Crippen molar-refractivity contribution in [1.82, 2.24) is 0 Å². The summed E-state index contributed by atoms with van der Waals surface area (Å²) in [5, 5.41) is 9.31. The van der Waals surface area contributed by atoms with Gasteiger partial charge in [-0.3, -0.25) is 0 Å². The molecule has 5 nitrogen and oxygen atoms in total. The van der Waals surface area contributed by atoms with Gasteiger partial charge in [-0.05, 0) is 42.7 Å². The van der Waals surface area contributed by atoms with Crippen LogP contribution in [0.1, 0.15) is 39.2 Å². The SMILES string of the molecule is CC(C)(C)C(CCCO)(Cc1cccc(Oc2ccccc2)c1)OC(N)=O. The number of para-hydroxylation sites is 1. The predicted octanol–water partition coefficient (Wildman–Crippen LogP) is 4.67. The molecule has 0 bridgehead atoms. The molecule has 2 rings (SSSR count). The van der Waals surface area contributed by atoms with Gasteiger partial charge in [0.05, 0.1) is 0 Å². The molecule has 1 unspecified atom stereocenters. The van der Waals surface area contributed by atoms with Crippen LogP contribution in [0.5, 0.6) is 11.5 Å². The van der Waals surface area contributed by atoms with Gasteiger partial charge >= 0.3 is 6.09 Å². The summed E-state index contributed by atoms with van der Waals surface area (Å²) in [7, 11) is 0. The van der Waals surface area contributed by atoms with Crippen molar-refractivity contribution in [2.45, 2.75) is 45.6 Å². The molecule has 1 atom stereocenters. The highest BCUT2D eigenvalue weighted by Gasteiger charge is 2.45. The Morgan fingerprint density at radius 3 is 2.30 bits per heavy atom. The van der Waals surface area contributed by atoms with Crippen molar-refractivity contribution in [3.8, 4) is 11.5 Å². The molecule has 2 aromatic carbocycles. The molecule has 1 amide bonds. The summed E-state index contributed by atoms with van der Waals surface area (Å²) in [6.07, 6.45) is 0.704. The smallest absolute Gasteiger partial charge is 0.405 e. The van der Waals surface area contributed by atoms with Crippen molar-refractivity contribution in [2.24, 2.45) is 11.1 Å².